The Balaban J connectivity index is 1.92. The number of nitrogens with zero attached hydrogens (tertiary/aromatic N) is 5. The minimum absolute atomic E-state index is 0.407. The molecule has 9 heteroatoms. The number of piperidine rings is 1. The van der Waals surface area contributed by atoms with E-state index in [-0.39, 0.29) is 0 Å². The van der Waals surface area contributed by atoms with Gasteiger partial charge in [0.2, 0.25) is 0 Å². The Bertz CT molecular complexity index is 596. The van der Waals surface area contributed by atoms with Gasteiger partial charge >= 0.3 is 0 Å². The number of rotatable bonds is 5. The third kappa shape index (κ3) is 3.83. The van der Waals surface area contributed by atoms with Crippen LogP contribution in [0, 0.1) is 5.92 Å². The average Bonchev–Trinajstić information content (AvgIpc) is 2.87. The summed E-state index contributed by atoms with van der Waals surface area (Å²) in [5, 5.41) is 8.22. The predicted octanol–water partition coefficient (Wildman–Crippen LogP) is -0.00970. The van der Waals surface area contributed by atoms with Crippen LogP contribution in [0.3, 0.4) is 0 Å². The van der Waals surface area contributed by atoms with Crippen molar-refractivity contribution >= 4 is 10.2 Å². The first-order valence-electron chi connectivity index (χ1n) is 7.48. The summed E-state index contributed by atoms with van der Waals surface area (Å²) >= 11 is 0. The van der Waals surface area contributed by atoms with Crippen molar-refractivity contribution < 1.29 is 8.42 Å². The Morgan fingerprint density at radius 3 is 2.41 bits per heavy atom. The molecule has 0 unspecified atom stereocenters. The summed E-state index contributed by atoms with van der Waals surface area (Å²) in [7, 11) is -0.171. The quantitative estimate of drug-likeness (QED) is 0.819. The Kier molecular flexibility index (Phi) is 4.90. The van der Waals surface area contributed by atoms with Gasteiger partial charge in [-0.2, -0.15) is 17.0 Å². The molecule has 2 N–H and O–H groups in total. The van der Waals surface area contributed by atoms with Gasteiger partial charge in [0, 0.05) is 33.7 Å². The molecule has 0 spiro atoms. The van der Waals surface area contributed by atoms with E-state index in [2.05, 4.69) is 10.3 Å². The summed E-state index contributed by atoms with van der Waals surface area (Å²) in [6, 6.07) is 0. The van der Waals surface area contributed by atoms with E-state index in [4.69, 9.17) is 5.73 Å². The minimum atomic E-state index is -3.30. The van der Waals surface area contributed by atoms with E-state index in [0.717, 1.165) is 25.1 Å². The molecule has 0 bridgehead atoms. The van der Waals surface area contributed by atoms with Crippen molar-refractivity contribution in [3.05, 3.63) is 11.9 Å². The van der Waals surface area contributed by atoms with Gasteiger partial charge in [-0.3, -0.25) is 4.68 Å². The first-order chi connectivity index (χ1) is 10.1. The third-order valence-corrected chi connectivity index (χ3v) is 5.95. The van der Waals surface area contributed by atoms with Gasteiger partial charge in [0.25, 0.3) is 10.2 Å². The number of aromatic nitrogens is 3. The Hall–Kier alpha value is -1.03. The molecule has 0 radical (unpaired) electrons. The summed E-state index contributed by atoms with van der Waals surface area (Å²) in [6.07, 6.45) is 3.53. The maximum atomic E-state index is 12.1. The van der Waals surface area contributed by atoms with Gasteiger partial charge in [0.1, 0.15) is 5.69 Å². The topological polar surface area (TPSA) is 97.4 Å². The molecule has 126 valence electrons. The molecule has 1 aliphatic heterocycles. The molecular weight excluding hydrogens is 304 g/mol. The molecule has 22 heavy (non-hydrogen) atoms. The molecular formula is C13H26N6O2S. The SMILES string of the molecule is CN(C)S(=O)(=O)N1CCC(Cn2cc(C(C)(C)N)nn2)CC1. The Morgan fingerprint density at radius 2 is 1.95 bits per heavy atom. The molecule has 2 rings (SSSR count). The third-order valence-electron chi connectivity index (χ3n) is 4.01. The van der Waals surface area contributed by atoms with Crippen LogP contribution in [-0.4, -0.2) is 59.2 Å². The smallest absolute Gasteiger partial charge is 0.281 e. The van der Waals surface area contributed by atoms with Crippen molar-refractivity contribution in [3.8, 4) is 0 Å². The highest BCUT2D eigenvalue weighted by molar-refractivity contribution is 7.86. The van der Waals surface area contributed by atoms with Crippen molar-refractivity contribution in [1.29, 1.82) is 0 Å². The summed E-state index contributed by atoms with van der Waals surface area (Å²) in [6.45, 7) is 5.64. The molecule has 0 atom stereocenters. The molecule has 1 aromatic rings. The maximum absolute atomic E-state index is 12.1. The van der Waals surface area contributed by atoms with Gasteiger partial charge < -0.3 is 5.73 Å². The van der Waals surface area contributed by atoms with Crippen molar-refractivity contribution in [3.63, 3.8) is 0 Å². The zero-order valence-corrected chi connectivity index (χ0v) is 14.5. The van der Waals surface area contributed by atoms with Gasteiger partial charge in [0.05, 0.1) is 11.7 Å². The largest absolute Gasteiger partial charge is 0.320 e. The van der Waals surface area contributed by atoms with E-state index in [1.54, 1.807) is 18.4 Å². The molecule has 2 heterocycles. The fraction of sp³-hybridized carbons (Fsp3) is 0.846. The van der Waals surface area contributed by atoms with Crippen molar-refractivity contribution in [2.75, 3.05) is 27.2 Å². The number of hydrogen-bond donors (Lipinski definition) is 1. The Labute approximate surface area is 132 Å². The van der Waals surface area contributed by atoms with Crippen LogP contribution in [0.1, 0.15) is 32.4 Å². The molecule has 8 nitrogen and oxygen atoms in total. The van der Waals surface area contributed by atoms with Crippen LogP contribution in [0.15, 0.2) is 6.20 Å². The summed E-state index contributed by atoms with van der Waals surface area (Å²) in [4.78, 5) is 0. The normalized spacial score (nSPS) is 19.0. The molecule has 0 aliphatic carbocycles. The first-order valence-corrected chi connectivity index (χ1v) is 8.87. The van der Waals surface area contributed by atoms with E-state index < -0.39 is 15.7 Å². The monoisotopic (exact) mass is 330 g/mol. The van der Waals surface area contributed by atoms with Gasteiger partial charge in [-0.25, -0.2) is 0 Å². The van der Waals surface area contributed by atoms with E-state index >= 15 is 0 Å². The van der Waals surface area contributed by atoms with Crippen LogP contribution < -0.4 is 5.73 Å². The van der Waals surface area contributed by atoms with Crippen LogP contribution in [0.5, 0.6) is 0 Å². The van der Waals surface area contributed by atoms with Crippen LogP contribution >= 0.6 is 0 Å². The zero-order valence-electron chi connectivity index (χ0n) is 13.7. The van der Waals surface area contributed by atoms with Crippen LogP contribution in [-0.2, 0) is 22.3 Å². The minimum Gasteiger partial charge on any atom is -0.320 e. The standard InChI is InChI=1S/C13H26N6O2S/c1-13(2,14)12-10-18(16-15-12)9-11-5-7-19(8-6-11)22(20,21)17(3)4/h10-11H,5-9,14H2,1-4H3. The summed E-state index contributed by atoms with van der Waals surface area (Å²) < 4.78 is 28.8. The Morgan fingerprint density at radius 1 is 1.36 bits per heavy atom. The van der Waals surface area contributed by atoms with Gasteiger partial charge in [-0.05, 0) is 32.6 Å². The summed E-state index contributed by atoms with van der Waals surface area (Å²) in [5.41, 5.74) is 6.27. The second kappa shape index (κ2) is 6.23. The number of nitrogens with two attached hydrogens (primary N) is 1. The van der Waals surface area contributed by atoms with Gasteiger partial charge in [-0.15, -0.1) is 5.10 Å². The molecule has 1 aliphatic rings. The molecule has 0 aromatic carbocycles. The second-order valence-electron chi connectivity index (χ2n) is 6.68. The molecule has 1 aromatic heterocycles. The van der Waals surface area contributed by atoms with Gasteiger partial charge in [-0.1, -0.05) is 5.21 Å². The lowest BCUT2D eigenvalue weighted by Gasteiger charge is -2.32. The zero-order chi connectivity index (χ0) is 16.5. The van der Waals surface area contributed by atoms with E-state index in [1.165, 1.54) is 4.31 Å². The van der Waals surface area contributed by atoms with Crippen LogP contribution in [0.25, 0.3) is 0 Å². The second-order valence-corrected chi connectivity index (χ2v) is 8.82. The van der Waals surface area contributed by atoms with Crippen molar-refractivity contribution in [1.82, 2.24) is 23.6 Å². The predicted molar refractivity (Wildman–Crippen MR) is 84.1 cm³/mol. The molecule has 0 saturated carbocycles. The average molecular weight is 330 g/mol. The van der Waals surface area contributed by atoms with Crippen LogP contribution in [0.4, 0.5) is 0 Å². The van der Waals surface area contributed by atoms with E-state index in [9.17, 15) is 8.42 Å². The fourth-order valence-electron chi connectivity index (χ4n) is 2.50. The molecule has 0 amide bonds. The lowest BCUT2D eigenvalue weighted by atomic mass is 9.98. The highest BCUT2D eigenvalue weighted by atomic mass is 32.2. The van der Waals surface area contributed by atoms with Gasteiger partial charge in [0.15, 0.2) is 0 Å². The number of hydrogen-bond acceptors (Lipinski definition) is 5. The lowest BCUT2D eigenvalue weighted by Crippen LogP contribution is -2.44. The highest BCUT2D eigenvalue weighted by Gasteiger charge is 2.30. The first kappa shape index (κ1) is 17.3. The van der Waals surface area contributed by atoms with Crippen molar-refractivity contribution in [2.24, 2.45) is 11.7 Å². The van der Waals surface area contributed by atoms with Crippen molar-refractivity contribution in [2.45, 2.75) is 38.8 Å². The maximum Gasteiger partial charge on any atom is 0.281 e. The fourth-order valence-corrected chi connectivity index (χ4v) is 3.64. The highest BCUT2D eigenvalue weighted by Crippen LogP contribution is 2.22. The van der Waals surface area contributed by atoms with E-state index in [0.29, 0.717) is 19.0 Å². The lowest BCUT2D eigenvalue weighted by molar-refractivity contribution is 0.238. The van der Waals surface area contributed by atoms with Crippen LogP contribution in [0.2, 0.25) is 0 Å². The molecule has 1 saturated heterocycles. The molecule has 1 fully saturated rings. The summed E-state index contributed by atoms with van der Waals surface area (Å²) in [5.74, 6) is 0.407. The van der Waals surface area contributed by atoms with E-state index in [1.807, 2.05) is 24.7 Å².